The van der Waals surface area contributed by atoms with Crippen molar-refractivity contribution in [1.82, 2.24) is 14.9 Å². The predicted molar refractivity (Wildman–Crippen MR) is 124 cm³/mol. The molecule has 3 aromatic rings. The molecular formula is C24H30ClN3O3. The molecule has 0 radical (unpaired) electrons. The van der Waals surface area contributed by atoms with E-state index in [0.717, 1.165) is 58.1 Å². The highest BCUT2D eigenvalue weighted by molar-refractivity contribution is 6.32. The van der Waals surface area contributed by atoms with Crippen LogP contribution in [0, 0.1) is 13.8 Å². The molecule has 2 aromatic carbocycles. The number of carbonyl (C=O) groups excluding carboxylic acids is 1. The van der Waals surface area contributed by atoms with Crippen molar-refractivity contribution in [2.24, 2.45) is 0 Å². The van der Waals surface area contributed by atoms with Gasteiger partial charge in [-0.05, 0) is 69.0 Å². The van der Waals surface area contributed by atoms with E-state index in [4.69, 9.17) is 26.1 Å². The number of unbranched alkanes of at least 4 members (excludes halogenated alkanes) is 1. The van der Waals surface area contributed by atoms with Gasteiger partial charge in [-0.1, -0.05) is 23.7 Å². The molecule has 6 nitrogen and oxygen atoms in total. The van der Waals surface area contributed by atoms with Crippen LogP contribution in [0.15, 0.2) is 36.4 Å². The van der Waals surface area contributed by atoms with E-state index >= 15 is 0 Å². The molecule has 0 aliphatic carbocycles. The second kappa shape index (κ2) is 10.6. The number of methoxy groups -OCH3 is 1. The van der Waals surface area contributed by atoms with Crippen molar-refractivity contribution in [3.8, 4) is 5.75 Å². The number of aryl methyl sites for hydroxylation is 3. The fourth-order valence-corrected chi connectivity index (χ4v) is 3.80. The number of nitrogens with one attached hydrogen (secondary N) is 1. The van der Waals surface area contributed by atoms with Crippen LogP contribution in [-0.2, 0) is 16.1 Å². The van der Waals surface area contributed by atoms with Gasteiger partial charge in [0.05, 0.1) is 23.7 Å². The highest BCUT2D eigenvalue weighted by Gasteiger charge is 2.18. The molecule has 1 atom stereocenters. The number of benzene rings is 2. The minimum Gasteiger partial charge on any atom is -0.494 e. The number of nitrogens with zero attached hydrogens (tertiary/aromatic N) is 2. The zero-order valence-corrected chi connectivity index (χ0v) is 19.3. The molecule has 166 valence electrons. The Bertz CT molecular complexity index is 1020. The fourth-order valence-electron chi connectivity index (χ4n) is 3.69. The predicted octanol–water partition coefficient (Wildman–Crippen LogP) is 4.99. The smallest absolute Gasteiger partial charge is 0.246 e. The van der Waals surface area contributed by atoms with Crippen molar-refractivity contribution in [2.45, 2.75) is 46.2 Å². The Hall–Kier alpha value is -2.57. The number of imidazole rings is 1. The van der Waals surface area contributed by atoms with E-state index in [2.05, 4.69) is 16.0 Å². The molecule has 7 heteroatoms. The van der Waals surface area contributed by atoms with Crippen LogP contribution in [0.5, 0.6) is 5.75 Å². The van der Waals surface area contributed by atoms with Gasteiger partial charge < -0.3 is 19.4 Å². The van der Waals surface area contributed by atoms with E-state index in [9.17, 15) is 4.79 Å². The molecule has 0 saturated carbocycles. The molecule has 0 saturated heterocycles. The van der Waals surface area contributed by atoms with Crippen molar-refractivity contribution in [3.63, 3.8) is 0 Å². The number of para-hydroxylation sites is 2. The quantitative estimate of drug-likeness (QED) is 0.448. The molecular weight excluding hydrogens is 414 g/mol. The van der Waals surface area contributed by atoms with Gasteiger partial charge in [0.2, 0.25) is 5.91 Å². The summed E-state index contributed by atoms with van der Waals surface area (Å²) in [4.78, 5) is 16.7. The number of halogens is 1. The van der Waals surface area contributed by atoms with Crippen molar-refractivity contribution in [1.29, 1.82) is 0 Å². The number of rotatable bonds is 10. The molecule has 1 amide bonds. The average Bonchev–Trinajstić information content (AvgIpc) is 3.10. The first kappa shape index (κ1) is 23.1. The first-order valence-corrected chi connectivity index (χ1v) is 10.9. The van der Waals surface area contributed by atoms with E-state index in [1.54, 1.807) is 0 Å². The van der Waals surface area contributed by atoms with Gasteiger partial charge >= 0.3 is 0 Å². The summed E-state index contributed by atoms with van der Waals surface area (Å²) in [5.74, 6) is 1.54. The standard InChI is InChI=1S/C24H30ClN3O3/c1-16-13-19(14-17(2)23(16)25)31-12-8-7-11-28-21-10-6-5-9-20(21)27-24(28)18(3)26-22(29)15-30-4/h5-6,9-10,13-14,18H,7-8,11-12,15H2,1-4H3,(H,26,29). The number of amides is 1. The zero-order chi connectivity index (χ0) is 22.4. The zero-order valence-electron chi connectivity index (χ0n) is 18.6. The van der Waals surface area contributed by atoms with Gasteiger partial charge in [-0.25, -0.2) is 4.98 Å². The summed E-state index contributed by atoms with van der Waals surface area (Å²) >= 11 is 6.23. The van der Waals surface area contributed by atoms with Gasteiger partial charge in [-0.3, -0.25) is 4.79 Å². The second-order valence-corrected chi connectivity index (χ2v) is 8.14. The molecule has 3 rings (SSSR count). The number of carbonyl (C=O) groups is 1. The second-order valence-electron chi connectivity index (χ2n) is 7.76. The van der Waals surface area contributed by atoms with Crippen molar-refractivity contribution in [2.75, 3.05) is 20.3 Å². The van der Waals surface area contributed by atoms with Crippen LogP contribution in [0.25, 0.3) is 11.0 Å². The minimum absolute atomic E-state index is 0.0333. The lowest BCUT2D eigenvalue weighted by Crippen LogP contribution is -2.31. The van der Waals surface area contributed by atoms with Crippen LogP contribution in [0.1, 0.15) is 42.8 Å². The first-order chi connectivity index (χ1) is 14.9. The van der Waals surface area contributed by atoms with E-state index in [1.807, 2.05) is 51.1 Å². The molecule has 0 fully saturated rings. The maximum atomic E-state index is 12.0. The van der Waals surface area contributed by atoms with E-state index < -0.39 is 0 Å². The monoisotopic (exact) mass is 443 g/mol. The van der Waals surface area contributed by atoms with Crippen LogP contribution in [-0.4, -0.2) is 35.8 Å². The molecule has 0 spiro atoms. The Morgan fingerprint density at radius 3 is 2.61 bits per heavy atom. The Kier molecular flexibility index (Phi) is 7.93. The number of hydrogen-bond donors (Lipinski definition) is 1. The third-order valence-corrected chi connectivity index (χ3v) is 5.78. The minimum atomic E-state index is -0.216. The Labute approximate surface area is 188 Å². The highest BCUT2D eigenvalue weighted by atomic mass is 35.5. The largest absolute Gasteiger partial charge is 0.494 e. The normalized spacial score (nSPS) is 12.2. The lowest BCUT2D eigenvalue weighted by Gasteiger charge is -2.16. The van der Waals surface area contributed by atoms with Crippen molar-refractivity contribution in [3.05, 3.63) is 58.4 Å². The molecule has 1 heterocycles. The summed E-state index contributed by atoms with van der Waals surface area (Å²) in [6.45, 7) is 7.37. The summed E-state index contributed by atoms with van der Waals surface area (Å²) in [5.41, 5.74) is 4.04. The van der Waals surface area contributed by atoms with Gasteiger partial charge in [0.1, 0.15) is 18.2 Å². The van der Waals surface area contributed by atoms with Crippen LogP contribution in [0.4, 0.5) is 0 Å². The molecule has 1 N–H and O–H groups in total. The summed E-state index contributed by atoms with van der Waals surface area (Å²) in [5, 5.41) is 3.74. The number of aromatic nitrogens is 2. The van der Waals surface area contributed by atoms with Crippen LogP contribution < -0.4 is 10.1 Å². The Morgan fingerprint density at radius 1 is 1.19 bits per heavy atom. The Balaban J connectivity index is 1.63. The maximum absolute atomic E-state index is 12.0. The van der Waals surface area contributed by atoms with Crippen LogP contribution >= 0.6 is 11.6 Å². The lowest BCUT2D eigenvalue weighted by atomic mass is 10.1. The van der Waals surface area contributed by atoms with Gasteiger partial charge in [-0.2, -0.15) is 0 Å². The van der Waals surface area contributed by atoms with Crippen molar-refractivity contribution >= 4 is 28.5 Å². The average molecular weight is 444 g/mol. The third-order valence-electron chi connectivity index (χ3n) is 5.18. The van der Waals surface area contributed by atoms with Crippen LogP contribution in [0.2, 0.25) is 5.02 Å². The summed E-state index contributed by atoms with van der Waals surface area (Å²) in [7, 11) is 1.51. The lowest BCUT2D eigenvalue weighted by molar-refractivity contribution is -0.125. The van der Waals surface area contributed by atoms with E-state index in [0.29, 0.717) is 6.61 Å². The van der Waals surface area contributed by atoms with E-state index in [1.165, 1.54) is 7.11 Å². The topological polar surface area (TPSA) is 65.4 Å². The Morgan fingerprint density at radius 2 is 1.90 bits per heavy atom. The highest BCUT2D eigenvalue weighted by Crippen LogP contribution is 2.26. The number of fused-ring (bicyclic) bond motifs is 1. The molecule has 1 unspecified atom stereocenters. The van der Waals surface area contributed by atoms with Gasteiger partial charge in [0, 0.05) is 18.7 Å². The molecule has 1 aromatic heterocycles. The number of hydrogen-bond acceptors (Lipinski definition) is 4. The molecule has 0 aliphatic rings. The third kappa shape index (κ3) is 5.77. The molecule has 0 aliphatic heterocycles. The molecule has 31 heavy (non-hydrogen) atoms. The number of ether oxygens (including phenoxy) is 2. The maximum Gasteiger partial charge on any atom is 0.246 e. The van der Waals surface area contributed by atoms with Crippen LogP contribution in [0.3, 0.4) is 0 Å². The SMILES string of the molecule is COCC(=O)NC(C)c1nc2ccccc2n1CCCCOc1cc(C)c(Cl)c(C)c1. The van der Waals surface area contributed by atoms with Gasteiger partial charge in [0.15, 0.2) is 0 Å². The molecule has 0 bridgehead atoms. The van der Waals surface area contributed by atoms with Gasteiger partial charge in [0.25, 0.3) is 0 Å². The first-order valence-electron chi connectivity index (χ1n) is 10.5. The summed E-state index contributed by atoms with van der Waals surface area (Å²) in [6.07, 6.45) is 1.83. The fraction of sp³-hybridized carbons (Fsp3) is 0.417. The van der Waals surface area contributed by atoms with Gasteiger partial charge in [-0.15, -0.1) is 0 Å². The van der Waals surface area contributed by atoms with E-state index in [-0.39, 0.29) is 18.6 Å². The summed E-state index contributed by atoms with van der Waals surface area (Å²) < 4.78 is 13.0. The van der Waals surface area contributed by atoms with Crippen molar-refractivity contribution < 1.29 is 14.3 Å². The summed E-state index contributed by atoms with van der Waals surface area (Å²) in [6, 6.07) is 11.8.